The number of esters is 1. The molecule has 2 N–H and O–H groups in total. The van der Waals surface area contributed by atoms with E-state index >= 15 is 0 Å². The Bertz CT molecular complexity index is 774. The molecule has 1 aromatic rings. The molecule has 4 bridgehead atoms. The summed E-state index contributed by atoms with van der Waals surface area (Å²) in [5.41, 5.74) is 0.498. The van der Waals surface area contributed by atoms with Crippen LogP contribution in [-0.4, -0.2) is 30.9 Å². The monoisotopic (exact) mass is 418 g/mol. The molecule has 2 amide bonds. The molecule has 0 unspecified atom stereocenters. The molecule has 7 heteroatoms. The smallest absolute Gasteiger partial charge is 0.325 e. The van der Waals surface area contributed by atoms with Gasteiger partial charge < -0.3 is 15.4 Å². The minimum atomic E-state index is -0.601. The average molecular weight is 419 g/mol. The summed E-state index contributed by atoms with van der Waals surface area (Å²) in [6, 6.07) is 7.21. The van der Waals surface area contributed by atoms with Crippen LogP contribution >= 0.6 is 11.6 Å². The van der Waals surface area contributed by atoms with E-state index in [-0.39, 0.29) is 31.0 Å². The van der Waals surface area contributed by atoms with Crippen LogP contribution in [0.25, 0.3) is 0 Å². The molecule has 0 aliphatic heterocycles. The van der Waals surface area contributed by atoms with E-state index < -0.39 is 11.9 Å². The first-order valence-electron chi connectivity index (χ1n) is 10.4. The fourth-order valence-corrected chi connectivity index (χ4v) is 6.01. The van der Waals surface area contributed by atoms with Gasteiger partial charge in [0.25, 0.3) is 5.91 Å². The maximum Gasteiger partial charge on any atom is 0.325 e. The molecular weight excluding hydrogens is 392 g/mol. The highest BCUT2D eigenvalue weighted by Gasteiger charge is 2.54. The van der Waals surface area contributed by atoms with Gasteiger partial charge in [-0.05, 0) is 67.9 Å². The van der Waals surface area contributed by atoms with Crippen molar-refractivity contribution in [2.45, 2.75) is 45.1 Å². The quantitative estimate of drug-likeness (QED) is 0.667. The van der Waals surface area contributed by atoms with Crippen LogP contribution < -0.4 is 10.6 Å². The number of halogens is 1. The Morgan fingerprint density at radius 1 is 1.00 bits per heavy atom. The highest BCUT2D eigenvalue weighted by molar-refractivity contribution is 6.31. The molecule has 5 rings (SSSR count). The normalized spacial score (nSPS) is 29.3. The Hall–Kier alpha value is -2.08. The standard InChI is InChI=1S/C22H27ClN2O4/c23-18-4-2-1-3-17(18)11-24-19(26)13-29-20(27)12-25-21(28)22-8-14-5-15(9-22)7-16(6-14)10-22/h1-4,14-16H,5-13H2,(H,24,26)(H,25,28). The number of carbonyl (C=O) groups is 3. The van der Waals surface area contributed by atoms with E-state index in [9.17, 15) is 14.4 Å². The van der Waals surface area contributed by atoms with Crippen molar-refractivity contribution >= 4 is 29.4 Å². The third kappa shape index (κ3) is 4.58. The molecule has 0 spiro atoms. The van der Waals surface area contributed by atoms with E-state index in [4.69, 9.17) is 16.3 Å². The lowest BCUT2D eigenvalue weighted by atomic mass is 9.49. The molecule has 0 atom stereocenters. The zero-order valence-corrected chi connectivity index (χ0v) is 17.2. The fourth-order valence-electron chi connectivity index (χ4n) is 5.81. The minimum absolute atomic E-state index is 0.0169. The first-order chi connectivity index (χ1) is 13.9. The average Bonchev–Trinajstić information content (AvgIpc) is 2.68. The van der Waals surface area contributed by atoms with Crippen LogP contribution in [0, 0.1) is 23.2 Å². The van der Waals surface area contributed by atoms with Crippen LogP contribution in [0.3, 0.4) is 0 Å². The number of carbonyl (C=O) groups excluding carboxylic acids is 3. The lowest BCUT2D eigenvalue weighted by Crippen LogP contribution is -2.54. The van der Waals surface area contributed by atoms with Gasteiger partial charge in [-0.2, -0.15) is 0 Å². The van der Waals surface area contributed by atoms with Crippen LogP contribution in [-0.2, 0) is 25.7 Å². The Morgan fingerprint density at radius 3 is 2.24 bits per heavy atom. The van der Waals surface area contributed by atoms with Crippen molar-refractivity contribution < 1.29 is 19.1 Å². The number of rotatable bonds is 7. The molecule has 0 heterocycles. The van der Waals surface area contributed by atoms with Gasteiger partial charge in [-0.15, -0.1) is 0 Å². The first kappa shape index (κ1) is 20.2. The number of ether oxygens (including phenoxy) is 1. The molecule has 29 heavy (non-hydrogen) atoms. The van der Waals surface area contributed by atoms with Gasteiger partial charge in [0, 0.05) is 17.0 Å². The summed E-state index contributed by atoms with van der Waals surface area (Å²) in [6.07, 6.45) is 6.63. The predicted molar refractivity (Wildman–Crippen MR) is 108 cm³/mol. The van der Waals surface area contributed by atoms with E-state index in [0.717, 1.165) is 24.8 Å². The summed E-state index contributed by atoms with van der Waals surface area (Å²) >= 11 is 6.04. The summed E-state index contributed by atoms with van der Waals surface area (Å²) < 4.78 is 4.99. The third-order valence-corrected chi connectivity index (χ3v) is 7.08. The van der Waals surface area contributed by atoms with E-state index in [1.165, 1.54) is 19.3 Å². The van der Waals surface area contributed by atoms with Gasteiger partial charge >= 0.3 is 5.97 Å². The van der Waals surface area contributed by atoms with Gasteiger partial charge in [-0.3, -0.25) is 14.4 Å². The summed E-state index contributed by atoms with van der Waals surface area (Å²) in [4.78, 5) is 36.7. The highest BCUT2D eigenvalue weighted by atomic mass is 35.5. The van der Waals surface area contributed by atoms with Crippen molar-refractivity contribution in [1.29, 1.82) is 0 Å². The molecule has 0 saturated heterocycles. The van der Waals surface area contributed by atoms with Crippen LogP contribution in [0.2, 0.25) is 5.02 Å². The lowest BCUT2D eigenvalue weighted by Gasteiger charge is -2.55. The van der Waals surface area contributed by atoms with Gasteiger partial charge in [0.05, 0.1) is 0 Å². The van der Waals surface area contributed by atoms with E-state index in [1.807, 2.05) is 18.2 Å². The summed E-state index contributed by atoms with van der Waals surface area (Å²) in [6.45, 7) is -0.312. The fraction of sp³-hybridized carbons (Fsp3) is 0.591. The second-order valence-corrected chi connectivity index (χ2v) is 9.32. The minimum Gasteiger partial charge on any atom is -0.454 e. The molecule has 4 fully saturated rings. The Balaban J connectivity index is 1.18. The van der Waals surface area contributed by atoms with Crippen molar-refractivity contribution in [3.05, 3.63) is 34.9 Å². The van der Waals surface area contributed by atoms with Gasteiger partial charge in [0.1, 0.15) is 6.54 Å². The number of hydrogen-bond donors (Lipinski definition) is 2. The summed E-state index contributed by atoms with van der Waals surface area (Å²) in [5.74, 6) is 0.973. The first-order valence-corrected chi connectivity index (χ1v) is 10.8. The second kappa shape index (κ2) is 8.34. The van der Waals surface area contributed by atoms with E-state index in [0.29, 0.717) is 22.8 Å². The molecule has 0 aromatic heterocycles. The summed E-state index contributed by atoms with van der Waals surface area (Å²) in [5, 5.41) is 5.99. The highest BCUT2D eigenvalue weighted by Crippen LogP contribution is 2.60. The van der Waals surface area contributed by atoms with Crippen molar-refractivity contribution in [3.63, 3.8) is 0 Å². The molecule has 0 radical (unpaired) electrons. The van der Waals surface area contributed by atoms with Crippen LogP contribution in [0.5, 0.6) is 0 Å². The Kier molecular flexibility index (Phi) is 5.81. The molecule has 4 saturated carbocycles. The molecule has 6 nitrogen and oxygen atoms in total. The number of amides is 2. The van der Waals surface area contributed by atoms with E-state index in [1.54, 1.807) is 6.07 Å². The van der Waals surface area contributed by atoms with Gasteiger partial charge in [-0.25, -0.2) is 0 Å². The molecule has 4 aliphatic carbocycles. The molecular formula is C22H27ClN2O4. The van der Waals surface area contributed by atoms with Gasteiger partial charge in [0.2, 0.25) is 5.91 Å². The molecule has 156 valence electrons. The number of nitrogens with one attached hydrogen (secondary N) is 2. The number of hydrogen-bond acceptors (Lipinski definition) is 4. The van der Waals surface area contributed by atoms with Crippen molar-refractivity contribution in [2.24, 2.45) is 23.2 Å². The zero-order chi connectivity index (χ0) is 20.4. The Morgan fingerprint density at radius 2 is 1.62 bits per heavy atom. The SMILES string of the molecule is O=C(COC(=O)CNC(=O)C12CC3CC(CC(C3)C1)C2)NCc1ccccc1Cl. The van der Waals surface area contributed by atoms with Gasteiger partial charge in [0.15, 0.2) is 6.61 Å². The van der Waals surface area contributed by atoms with Crippen LogP contribution in [0.1, 0.15) is 44.1 Å². The van der Waals surface area contributed by atoms with Crippen molar-refractivity contribution in [2.75, 3.05) is 13.2 Å². The predicted octanol–water partition coefficient (Wildman–Crippen LogP) is 2.83. The van der Waals surface area contributed by atoms with Crippen molar-refractivity contribution in [3.8, 4) is 0 Å². The zero-order valence-electron chi connectivity index (χ0n) is 16.4. The van der Waals surface area contributed by atoms with E-state index in [2.05, 4.69) is 10.6 Å². The molecule has 1 aromatic carbocycles. The maximum absolute atomic E-state index is 12.8. The third-order valence-electron chi connectivity index (χ3n) is 6.71. The summed E-state index contributed by atoms with van der Waals surface area (Å²) in [7, 11) is 0. The molecule has 4 aliphatic rings. The van der Waals surface area contributed by atoms with Crippen LogP contribution in [0.4, 0.5) is 0 Å². The topological polar surface area (TPSA) is 84.5 Å². The largest absolute Gasteiger partial charge is 0.454 e. The lowest BCUT2D eigenvalue weighted by molar-refractivity contribution is -0.152. The Labute approximate surface area is 175 Å². The number of benzene rings is 1. The maximum atomic E-state index is 12.8. The van der Waals surface area contributed by atoms with Crippen LogP contribution in [0.15, 0.2) is 24.3 Å². The second-order valence-electron chi connectivity index (χ2n) is 8.91. The van der Waals surface area contributed by atoms with Crippen molar-refractivity contribution in [1.82, 2.24) is 10.6 Å². The van der Waals surface area contributed by atoms with Gasteiger partial charge in [-0.1, -0.05) is 29.8 Å².